The lowest BCUT2D eigenvalue weighted by Gasteiger charge is -2.10. The topological polar surface area (TPSA) is 92.4 Å². The Morgan fingerprint density at radius 2 is 2.18 bits per heavy atom. The molecule has 2 saturated carbocycles. The van der Waals surface area contributed by atoms with E-state index in [2.05, 4.69) is 10.5 Å². The number of rotatable bonds is 4. The molecule has 0 aliphatic heterocycles. The molecule has 3 rings (SSSR count). The summed E-state index contributed by atoms with van der Waals surface area (Å²) in [5.74, 6) is -0.356. The van der Waals surface area contributed by atoms with Crippen molar-refractivity contribution in [2.24, 2.45) is 0 Å². The zero-order valence-corrected chi connectivity index (χ0v) is 9.10. The Kier molecular flexibility index (Phi) is 2.01. The lowest BCUT2D eigenvalue weighted by Crippen LogP contribution is -2.43. The molecule has 1 heterocycles. The summed E-state index contributed by atoms with van der Waals surface area (Å²) in [4.78, 5) is 22.7. The summed E-state index contributed by atoms with van der Waals surface area (Å²) in [7, 11) is 0. The van der Waals surface area contributed by atoms with E-state index < -0.39 is 17.4 Å². The average molecular weight is 236 g/mol. The molecule has 0 atom stereocenters. The quantitative estimate of drug-likeness (QED) is 0.810. The van der Waals surface area contributed by atoms with Crippen LogP contribution in [0.1, 0.15) is 47.8 Å². The molecule has 6 nitrogen and oxygen atoms in total. The maximum atomic E-state index is 11.8. The van der Waals surface area contributed by atoms with Crippen molar-refractivity contribution in [1.82, 2.24) is 10.5 Å². The van der Waals surface area contributed by atoms with Gasteiger partial charge in [-0.15, -0.1) is 0 Å². The van der Waals surface area contributed by atoms with E-state index in [1.807, 2.05) is 0 Å². The van der Waals surface area contributed by atoms with Crippen LogP contribution in [0.5, 0.6) is 0 Å². The molecule has 0 radical (unpaired) electrons. The predicted octanol–water partition coefficient (Wildman–Crippen LogP) is 0.899. The second kappa shape index (κ2) is 3.32. The van der Waals surface area contributed by atoms with Crippen LogP contribution in [0, 0.1) is 0 Å². The van der Waals surface area contributed by atoms with Gasteiger partial charge in [-0.05, 0) is 25.7 Å². The van der Waals surface area contributed by atoms with Gasteiger partial charge in [0.1, 0.15) is 11.3 Å². The minimum Gasteiger partial charge on any atom is -0.480 e. The summed E-state index contributed by atoms with van der Waals surface area (Å²) < 4.78 is 5.05. The van der Waals surface area contributed by atoms with Gasteiger partial charge in [-0.25, -0.2) is 4.79 Å². The zero-order valence-electron chi connectivity index (χ0n) is 9.10. The van der Waals surface area contributed by atoms with Crippen LogP contribution in [-0.2, 0) is 4.79 Å². The molecule has 17 heavy (non-hydrogen) atoms. The van der Waals surface area contributed by atoms with Crippen LogP contribution >= 0.6 is 0 Å². The van der Waals surface area contributed by atoms with Crippen molar-refractivity contribution in [3.63, 3.8) is 0 Å². The van der Waals surface area contributed by atoms with Crippen molar-refractivity contribution in [3.05, 3.63) is 17.5 Å². The number of hydrogen-bond acceptors (Lipinski definition) is 4. The fraction of sp³-hybridized carbons (Fsp3) is 0.545. The maximum absolute atomic E-state index is 11.8. The van der Waals surface area contributed by atoms with Crippen molar-refractivity contribution < 1.29 is 19.2 Å². The number of aromatic nitrogens is 1. The molecule has 6 heteroatoms. The number of aliphatic carboxylic acids is 1. The Bertz CT molecular complexity index is 485. The number of carboxylic acids is 1. The number of hydrogen-bond donors (Lipinski definition) is 2. The third-order valence-electron chi connectivity index (χ3n) is 3.25. The monoisotopic (exact) mass is 236 g/mol. The Hall–Kier alpha value is -1.85. The Morgan fingerprint density at radius 3 is 2.71 bits per heavy atom. The average Bonchev–Trinajstić information content (AvgIpc) is 3.20. The molecule has 90 valence electrons. The van der Waals surface area contributed by atoms with Gasteiger partial charge in [-0.1, -0.05) is 5.16 Å². The molecule has 0 saturated heterocycles. The van der Waals surface area contributed by atoms with Crippen molar-refractivity contribution in [2.75, 3.05) is 0 Å². The molecular weight excluding hydrogens is 224 g/mol. The molecule has 0 spiro atoms. The van der Waals surface area contributed by atoms with Gasteiger partial charge in [0, 0.05) is 12.0 Å². The Balaban J connectivity index is 1.71. The Morgan fingerprint density at radius 1 is 1.47 bits per heavy atom. The largest absolute Gasteiger partial charge is 0.480 e. The number of nitrogens with zero attached hydrogens (tertiary/aromatic N) is 1. The van der Waals surface area contributed by atoms with Crippen molar-refractivity contribution >= 4 is 11.9 Å². The van der Waals surface area contributed by atoms with Gasteiger partial charge in [0.2, 0.25) is 0 Å². The minimum absolute atomic E-state index is 0.166. The lowest BCUT2D eigenvalue weighted by molar-refractivity contribution is -0.140. The molecule has 2 N–H and O–H groups in total. The molecule has 0 unspecified atom stereocenters. The number of nitrogens with one attached hydrogen (secondary N) is 1. The molecule has 1 aromatic heterocycles. The smallest absolute Gasteiger partial charge is 0.329 e. The van der Waals surface area contributed by atoms with Gasteiger partial charge < -0.3 is 14.9 Å². The number of carbonyl (C=O) groups is 2. The van der Waals surface area contributed by atoms with E-state index in [1.54, 1.807) is 6.07 Å². The molecule has 2 aliphatic rings. The second-order valence-corrected chi connectivity index (χ2v) is 4.73. The molecule has 1 aromatic rings. The minimum atomic E-state index is -1.07. The van der Waals surface area contributed by atoms with Crippen LogP contribution in [-0.4, -0.2) is 27.7 Å². The van der Waals surface area contributed by atoms with Crippen LogP contribution in [0.15, 0.2) is 10.6 Å². The lowest BCUT2D eigenvalue weighted by atomic mass is 10.2. The first-order valence-corrected chi connectivity index (χ1v) is 5.63. The van der Waals surface area contributed by atoms with E-state index in [0.29, 0.717) is 18.8 Å². The molecule has 2 fully saturated rings. The summed E-state index contributed by atoms with van der Waals surface area (Å²) in [5, 5.41) is 15.1. The summed E-state index contributed by atoms with van der Waals surface area (Å²) in [6, 6.07) is 1.60. The fourth-order valence-electron chi connectivity index (χ4n) is 1.76. The van der Waals surface area contributed by atoms with E-state index >= 15 is 0 Å². The maximum Gasteiger partial charge on any atom is 0.329 e. The summed E-state index contributed by atoms with van der Waals surface area (Å²) in [5.41, 5.74) is -0.907. The second-order valence-electron chi connectivity index (χ2n) is 4.73. The normalized spacial score (nSPS) is 20.9. The van der Waals surface area contributed by atoms with Crippen molar-refractivity contribution in [1.29, 1.82) is 0 Å². The summed E-state index contributed by atoms with van der Waals surface area (Å²) in [6.45, 7) is 0. The first-order valence-electron chi connectivity index (χ1n) is 5.63. The molecule has 0 aromatic carbocycles. The SMILES string of the molecule is O=C(NC1(C(=O)O)CC1)c1cc(C2CC2)on1. The fourth-order valence-corrected chi connectivity index (χ4v) is 1.76. The highest BCUT2D eigenvalue weighted by Crippen LogP contribution is 2.40. The van der Waals surface area contributed by atoms with Crippen LogP contribution in [0.25, 0.3) is 0 Å². The van der Waals surface area contributed by atoms with Crippen LogP contribution in [0.2, 0.25) is 0 Å². The molecule has 1 amide bonds. The highest BCUT2D eigenvalue weighted by molar-refractivity contribution is 5.97. The molecule has 0 bridgehead atoms. The number of carbonyl (C=O) groups excluding carboxylic acids is 1. The molecular formula is C11H12N2O4. The predicted molar refractivity (Wildman–Crippen MR) is 55.5 cm³/mol. The summed E-state index contributed by atoms with van der Waals surface area (Å²) in [6.07, 6.45) is 3.08. The van der Waals surface area contributed by atoms with Gasteiger partial charge in [-0.2, -0.15) is 0 Å². The first kappa shape index (κ1) is 10.3. The van der Waals surface area contributed by atoms with Gasteiger partial charge >= 0.3 is 5.97 Å². The zero-order chi connectivity index (χ0) is 12.0. The van der Waals surface area contributed by atoms with Crippen LogP contribution < -0.4 is 5.32 Å². The van der Waals surface area contributed by atoms with E-state index in [-0.39, 0.29) is 5.69 Å². The highest BCUT2D eigenvalue weighted by Gasteiger charge is 2.52. The van der Waals surface area contributed by atoms with Crippen LogP contribution in [0.4, 0.5) is 0 Å². The van der Waals surface area contributed by atoms with Crippen molar-refractivity contribution in [2.45, 2.75) is 37.1 Å². The van der Waals surface area contributed by atoms with Crippen molar-refractivity contribution in [3.8, 4) is 0 Å². The van der Waals surface area contributed by atoms with Gasteiger partial charge in [0.25, 0.3) is 5.91 Å². The van der Waals surface area contributed by atoms with E-state index in [9.17, 15) is 9.59 Å². The highest BCUT2D eigenvalue weighted by atomic mass is 16.5. The first-order chi connectivity index (χ1) is 8.11. The third-order valence-corrected chi connectivity index (χ3v) is 3.25. The van der Waals surface area contributed by atoms with Gasteiger partial charge in [0.05, 0.1) is 0 Å². The number of carboxylic acid groups (broad SMARTS) is 1. The molecule has 2 aliphatic carbocycles. The third kappa shape index (κ3) is 1.79. The summed E-state index contributed by atoms with van der Waals surface area (Å²) >= 11 is 0. The number of amides is 1. The van der Waals surface area contributed by atoms with Gasteiger partial charge in [0.15, 0.2) is 5.69 Å². The van der Waals surface area contributed by atoms with Gasteiger partial charge in [-0.3, -0.25) is 4.79 Å². The van der Waals surface area contributed by atoms with E-state index in [0.717, 1.165) is 18.6 Å². The van der Waals surface area contributed by atoms with E-state index in [4.69, 9.17) is 9.63 Å². The van der Waals surface area contributed by atoms with E-state index in [1.165, 1.54) is 0 Å². The Labute approximate surface area is 97.0 Å². The standard InChI is InChI=1S/C11H12N2O4/c14-9(12-11(3-4-11)10(15)16)7-5-8(17-13-7)6-1-2-6/h5-6H,1-4H2,(H,12,14)(H,15,16). The van der Waals surface area contributed by atoms with Crippen LogP contribution in [0.3, 0.4) is 0 Å².